The van der Waals surface area contributed by atoms with Gasteiger partial charge in [-0.25, -0.2) is 9.78 Å². The molecule has 0 saturated heterocycles. The first kappa shape index (κ1) is 22.9. The second-order valence-corrected chi connectivity index (χ2v) is 8.47. The van der Waals surface area contributed by atoms with Crippen LogP contribution in [0.15, 0.2) is 64.1 Å². The normalized spacial score (nSPS) is 10.8. The van der Waals surface area contributed by atoms with E-state index in [4.69, 9.17) is 10.00 Å². The lowest BCUT2D eigenvalue weighted by Gasteiger charge is -2.17. The van der Waals surface area contributed by atoms with E-state index >= 15 is 0 Å². The fraction of sp³-hybridized carbons (Fsp3) is 0.125. The van der Waals surface area contributed by atoms with Gasteiger partial charge < -0.3 is 19.7 Å². The molecule has 0 saturated carbocycles. The quantitative estimate of drug-likeness (QED) is 0.353. The maximum Gasteiger partial charge on any atom is 0.341 e. The Kier molecular flexibility index (Phi) is 6.30. The largest absolute Gasteiger partial charge is 0.477 e. The molecule has 0 amide bonds. The number of nitrogens with zero attached hydrogens (tertiary/aromatic N) is 4. The molecule has 0 bridgehead atoms. The maximum absolute atomic E-state index is 12.7. The van der Waals surface area contributed by atoms with Crippen molar-refractivity contribution in [2.75, 3.05) is 5.32 Å². The molecule has 2 heterocycles. The second kappa shape index (κ2) is 9.33. The smallest absolute Gasteiger partial charge is 0.341 e. The summed E-state index contributed by atoms with van der Waals surface area (Å²) in [6.45, 7) is 3.79. The van der Waals surface area contributed by atoms with Crippen LogP contribution in [-0.4, -0.2) is 25.6 Å². The van der Waals surface area contributed by atoms with Gasteiger partial charge in [0.05, 0.1) is 21.6 Å². The molecule has 0 spiro atoms. The molecule has 0 fully saturated rings. The van der Waals surface area contributed by atoms with Crippen LogP contribution < -0.4 is 15.5 Å². The van der Waals surface area contributed by atoms with E-state index in [-0.39, 0.29) is 22.9 Å². The number of aromatic nitrogens is 3. The molecule has 10 heteroatoms. The molecule has 0 atom stereocenters. The first-order chi connectivity index (χ1) is 16.3. The Morgan fingerprint density at radius 2 is 1.97 bits per heavy atom. The maximum atomic E-state index is 12.7. The highest BCUT2D eigenvalue weighted by atomic mass is 79.9. The summed E-state index contributed by atoms with van der Waals surface area (Å²) in [7, 11) is 0. The van der Waals surface area contributed by atoms with Gasteiger partial charge in [0.1, 0.15) is 11.3 Å². The molecule has 0 aliphatic heterocycles. The Balaban J connectivity index is 1.70. The van der Waals surface area contributed by atoms with Gasteiger partial charge in [-0.15, -0.1) is 0 Å². The standard InChI is InChI=1S/C24H18BrN5O4/c1-13(2)30-12-17(23(32)33)22(31)16-9-18(25)20(10-19(16)30)34-21-7-8-27-24(29-21)28-15-5-3-14(11-26)4-6-15/h3-10,12-13H,1-2H3,(H,32,33)(H,27,28,29). The summed E-state index contributed by atoms with van der Waals surface area (Å²) < 4.78 is 8.16. The highest BCUT2D eigenvalue weighted by Gasteiger charge is 2.18. The first-order valence-corrected chi connectivity index (χ1v) is 11.0. The number of benzene rings is 2. The van der Waals surface area contributed by atoms with Gasteiger partial charge in [0.2, 0.25) is 17.3 Å². The Morgan fingerprint density at radius 1 is 1.24 bits per heavy atom. The molecular formula is C24H18BrN5O4. The predicted molar refractivity (Wildman–Crippen MR) is 130 cm³/mol. The number of carboxylic acid groups (broad SMARTS) is 1. The van der Waals surface area contributed by atoms with Crippen LogP contribution >= 0.6 is 15.9 Å². The number of pyridine rings is 1. The summed E-state index contributed by atoms with van der Waals surface area (Å²) in [5.74, 6) is -0.329. The van der Waals surface area contributed by atoms with Gasteiger partial charge >= 0.3 is 5.97 Å². The summed E-state index contributed by atoms with van der Waals surface area (Å²) >= 11 is 3.41. The zero-order chi connectivity index (χ0) is 24.4. The Hall–Kier alpha value is -4.23. The Bertz CT molecular complexity index is 1510. The van der Waals surface area contributed by atoms with Crippen LogP contribution in [0.25, 0.3) is 10.9 Å². The third-order valence-corrected chi connectivity index (χ3v) is 5.61. The summed E-state index contributed by atoms with van der Waals surface area (Å²) in [5, 5.41) is 21.7. The van der Waals surface area contributed by atoms with E-state index in [9.17, 15) is 14.7 Å². The third kappa shape index (κ3) is 4.60. The van der Waals surface area contributed by atoms with Crippen LogP contribution in [-0.2, 0) is 0 Å². The molecule has 170 valence electrons. The number of hydrogen-bond donors (Lipinski definition) is 2. The van der Waals surface area contributed by atoms with E-state index in [1.165, 1.54) is 12.4 Å². The van der Waals surface area contributed by atoms with Crippen LogP contribution in [0, 0.1) is 11.3 Å². The molecule has 34 heavy (non-hydrogen) atoms. The molecule has 9 nitrogen and oxygen atoms in total. The lowest BCUT2D eigenvalue weighted by molar-refractivity contribution is 0.0694. The van der Waals surface area contributed by atoms with Crippen LogP contribution in [0.1, 0.15) is 35.8 Å². The van der Waals surface area contributed by atoms with E-state index in [2.05, 4.69) is 37.3 Å². The average molecular weight is 520 g/mol. The monoisotopic (exact) mass is 519 g/mol. The van der Waals surface area contributed by atoms with E-state index in [1.807, 2.05) is 13.8 Å². The van der Waals surface area contributed by atoms with Gasteiger partial charge in [-0.1, -0.05) is 0 Å². The summed E-state index contributed by atoms with van der Waals surface area (Å²) in [5.41, 5.74) is 0.921. The zero-order valence-electron chi connectivity index (χ0n) is 18.1. The lowest BCUT2D eigenvalue weighted by atomic mass is 10.1. The number of carbonyl (C=O) groups is 1. The van der Waals surface area contributed by atoms with Crippen molar-refractivity contribution in [1.29, 1.82) is 5.26 Å². The van der Waals surface area contributed by atoms with Crippen LogP contribution in [0.4, 0.5) is 11.6 Å². The van der Waals surface area contributed by atoms with Gasteiger partial charge in [-0.3, -0.25) is 4.79 Å². The number of aromatic carboxylic acids is 1. The second-order valence-electron chi connectivity index (χ2n) is 7.61. The molecular weight excluding hydrogens is 502 g/mol. The van der Waals surface area contributed by atoms with Crippen molar-refractivity contribution in [3.63, 3.8) is 0 Å². The van der Waals surface area contributed by atoms with Gasteiger partial charge in [0.25, 0.3) is 0 Å². The molecule has 2 aromatic heterocycles. The number of carboxylic acids is 1. The van der Waals surface area contributed by atoms with Crippen molar-refractivity contribution in [2.24, 2.45) is 0 Å². The number of nitriles is 1. The number of hydrogen-bond acceptors (Lipinski definition) is 7. The molecule has 0 radical (unpaired) electrons. The van der Waals surface area contributed by atoms with Crippen molar-refractivity contribution in [3.8, 4) is 17.7 Å². The fourth-order valence-corrected chi connectivity index (χ4v) is 3.76. The van der Waals surface area contributed by atoms with Crippen molar-refractivity contribution >= 4 is 44.4 Å². The van der Waals surface area contributed by atoms with Crippen molar-refractivity contribution in [1.82, 2.24) is 14.5 Å². The molecule has 0 aliphatic rings. The van der Waals surface area contributed by atoms with Gasteiger partial charge in [0.15, 0.2) is 0 Å². The number of nitrogens with one attached hydrogen (secondary N) is 1. The minimum absolute atomic E-state index is 0.0995. The molecule has 0 aliphatic carbocycles. The van der Waals surface area contributed by atoms with Crippen LogP contribution in [0.2, 0.25) is 0 Å². The van der Waals surface area contributed by atoms with Crippen molar-refractivity contribution in [3.05, 3.63) is 80.7 Å². The number of ether oxygens (including phenoxy) is 1. The van der Waals surface area contributed by atoms with E-state index in [0.717, 1.165) is 0 Å². The molecule has 4 aromatic rings. The Morgan fingerprint density at radius 3 is 2.62 bits per heavy atom. The van der Waals surface area contributed by atoms with Gasteiger partial charge in [0, 0.05) is 41.6 Å². The number of fused-ring (bicyclic) bond motifs is 1. The molecule has 2 aromatic carbocycles. The fourth-order valence-electron chi connectivity index (χ4n) is 3.34. The van der Waals surface area contributed by atoms with Crippen LogP contribution in [0.3, 0.4) is 0 Å². The van der Waals surface area contributed by atoms with E-state index in [0.29, 0.717) is 32.9 Å². The topological polar surface area (TPSA) is 130 Å². The first-order valence-electron chi connectivity index (χ1n) is 10.2. The van der Waals surface area contributed by atoms with Gasteiger partial charge in [-0.2, -0.15) is 10.2 Å². The number of halogens is 1. The SMILES string of the molecule is CC(C)n1cc(C(=O)O)c(=O)c2cc(Br)c(Oc3ccnc(Nc4ccc(C#N)cc4)n3)cc21. The zero-order valence-corrected chi connectivity index (χ0v) is 19.7. The number of rotatable bonds is 6. The van der Waals surface area contributed by atoms with E-state index in [1.54, 1.807) is 47.0 Å². The summed E-state index contributed by atoms with van der Waals surface area (Å²) in [6, 6.07) is 13.6. The van der Waals surface area contributed by atoms with Crippen LogP contribution in [0.5, 0.6) is 11.6 Å². The Labute approximate surface area is 202 Å². The van der Waals surface area contributed by atoms with Gasteiger partial charge in [-0.05, 0) is 60.1 Å². The number of anilines is 2. The summed E-state index contributed by atoms with van der Waals surface area (Å²) in [4.78, 5) is 32.8. The highest BCUT2D eigenvalue weighted by molar-refractivity contribution is 9.10. The summed E-state index contributed by atoms with van der Waals surface area (Å²) in [6.07, 6.45) is 2.88. The van der Waals surface area contributed by atoms with Crippen molar-refractivity contribution < 1.29 is 14.6 Å². The highest BCUT2D eigenvalue weighted by Crippen LogP contribution is 2.33. The third-order valence-electron chi connectivity index (χ3n) is 4.99. The van der Waals surface area contributed by atoms with Crippen molar-refractivity contribution in [2.45, 2.75) is 19.9 Å². The minimum atomic E-state index is -1.28. The lowest BCUT2D eigenvalue weighted by Crippen LogP contribution is -2.19. The average Bonchev–Trinajstić information content (AvgIpc) is 2.80. The molecule has 0 unspecified atom stereocenters. The van der Waals surface area contributed by atoms with E-state index < -0.39 is 11.4 Å². The molecule has 2 N–H and O–H groups in total. The minimum Gasteiger partial charge on any atom is -0.477 e. The molecule has 4 rings (SSSR count). The predicted octanol–water partition coefficient (Wildman–Crippen LogP) is 5.24.